The Hall–Kier alpha value is 0.230. The highest BCUT2D eigenvalue weighted by Gasteiger charge is 2.41. The van der Waals surface area contributed by atoms with Crippen molar-refractivity contribution in [2.45, 2.75) is 64.5 Å². The highest BCUT2D eigenvalue weighted by Crippen LogP contribution is 2.41. The average molecular weight is 286 g/mol. The maximum atomic E-state index is 6.18. The number of thioether (sulfide) groups is 1. The van der Waals surface area contributed by atoms with Gasteiger partial charge in [-0.2, -0.15) is 11.8 Å². The first-order chi connectivity index (χ1) is 8.94. The van der Waals surface area contributed by atoms with Gasteiger partial charge in [0.15, 0.2) is 0 Å². The van der Waals surface area contributed by atoms with Crippen LogP contribution in [0, 0.1) is 11.3 Å². The quantitative estimate of drug-likeness (QED) is 0.618. The van der Waals surface area contributed by atoms with Gasteiger partial charge in [-0.1, -0.05) is 20.8 Å². The summed E-state index contributed by atoms with van der Waals surface area (Å²) in [5.41, 5.74) is 3.58. The molecule has 1 spiro atoms. The molecule has 19 heavy (non-hydrogen) atoms. The molecule has 0 bridgehead atoms. The lowest BCUT2D eigenvalue weighted by Gasteiger charge is -2.46. The van der Waals surface area contributed by atoms with E-state index in [1.165, 1.54) is 30.8 Å². The predicted octanol–water partition coefficient (Wildman–Crippen LogP) is 2.95. The van der Waals surface area contributed by atoms with Crippen molar-refractivity contribution in [3.63, 3.8) is 0 Å². The fraction of sp³-hybridized carbons (Fsp3) is 1.00. The smallest absolute Gasteiger partial charge is 0.0701 e. The molecule has 2 aliphatic heterocycles. The molecule has 2 heterocycles. The van der Waals surface area contributed by atoms with Gasteiger partial charge >= 0.3 is 0 Å². The molecule has 3 N–H and O–H groups in total. The van der Waals surface area contributed by atoms with Crippen LogP contribution in [0.15, 0.2) is 0 Å². The average Bonchev–Trinajstić information content (AvgIpc) is 2.36. The third-order valence-corrected chi connectivity index (χ3v) is 5.54. The molecule has 2 fully saturated rings. The number of ether oxygens (including phenoxy) is 1. The predicted molar refractivity (Wildman–Crippen MR) is 83.1 cm³/mol. The molecule has 3 nitrogen and oxygen atoms in total. The molecule has 2 unspecified atom stereocenters. The van der Waals surface area contributed by atoms with E-state index in [0.29, 0.717) is 17.4 Å². The molecule has 0 radical (unpaired) electrons. The third-order valence-electron chi connectivity index (χ3n) is 4.55. The van der Waals surface area contributed by atoms with Gasteiger partial charge in [0.1, 0.15) is 0 Å². The summed E-state index contributed by atoms with van der Waals surface area (Å²) in [5.74, 6) is 9.01. The zero-order valence-electron chi connectivity index (χ0n) is 12.7. The Morgan fingerprint density at radius 2 is 2.05 bits per heavy atom. The highest BCUT2D eigenvalue weighted by molar-refractivity contribution is 7.99. The van der Waals surface area contributed by atoms with E-state index in [1.807, 2.05) is 0 Å². The van der Waals surface area contributed by atoms with Gasteiger partial charge in [-0.3, -0.25) is 11.3 Å². The van der Waals surface area contributed by atoms with Gasteiger partial charge in [0, 0.05) is 12.6 Å². The van der Waals surface area contributed by atoms with Crippen molar-refractivity contribution in [1.82, 2.24) is 5.43 Å². The first kappa shape index (κ1) is 15.6. The standard InChI is InChI=1S/C15H30N2OS/c1-14(2,3)11-13(17-16)12-4-7-18-15(10-12)5-8-19-9-6-15/h12-13,17H,4-11,16H2,1-3H3. The maximum Gasteiger partial charge on any atom is 0.0701 e. The van der Waals surface area contributed by atoms with Gasteiger partial charge in [0.2, 0.25) is 0 Å². The topological polar surface area (TPSA) is 47.3 Å². The zero-order valence-corrected chi connectivity index (χ0v) is 13.5. The van der Waals surface area contributed by atoms with Crippen molar-refractivity contribution >= 4 is 11.8 Å². The van der Waals surface area contributed by atoms with E-state index in [0.717, 1.165) is 19.4 Å². The molecule has 112 valence electrons. The van der Waals surface area contributed by atoms with Crippen molar-refractivity contribution in [2.24, 2.45) is 17.2 Å². The van der Waals surface area contributed by atoms with Gasteiger partial charge in [0.05, 0.1) is 5.60 Å². The normalized spacial score (nSPS) is 29.4. The Bertz CT molecular complexity index is 279. The van der Waals surface area contributed by atoms with E-state index in [4.69, 9.17) is 10.6 Å². The Morgan fingerprint density at radius 3 is 2.63 bits per heavy atom. The molecule has 0 aromatic carbocycles. The van der Waals surface area contributed by atoms with Gasteiger partial charge in [0.25, 0.3) is 0 Å². The van der Waals surface area contributed by atoms with E-state index in [1.54, 1.807) is 0 Å². The monoisotopic (exact) mass is 286 g/mol. The lowest BCUT2D eigenvalue weighted by molar-refractivity contribution is -0.108. The minimum Gasteiger partial charge on any atom is -0.375 e. The van der Waals surface area contributed by atoms with Gasteiger partial charge < -0.3 is 4.74 Å². The van der Waals surface area contributed by atoms with Crippen molar-refractivity contribution in [3.05, 3.63) is 0 Å². The number of nitrogens with one attached hydrogen (secondary N) is 1. The summed E-state index contributed by atoms with van der Waals surface area (Å²) >= 11 is 2.07. The third kappa shape index (κ3) is 4.35. The lowest BCUT2D eigenvalue weighted by Crippen LogP contribution is -2.51. The molecule has 0 amide bonds. The van der Waals surface area contributed by atoms with E-state index in [9.17, 15) is 0 Å². The van der Waals surface area contributed by atoms with Crippen LogP contribution < -0.4 is 11.3 Å². The van der Waals surface area contributed by atoms with Gasteiger partial charge in [-0.15, -0.1) is 0 Å². The number of hydrogen-bond donors (Lipinski definition) is 2. The summed E-state index contributed by atoms with van der Waals surface area (Å²) < 4.78 is 6.18. The second-order valence-electron chi connectivity index (χ2n) is 7.43. The van der Waals surface area contributed by atoms with E-state index >= 15 is 0 Å². The fourth-order valence-electron chi connectivity index (χ4n) is 3.52. The molecular weight excluding hydrogens is 256 g/mol. The molecule has 0 aromatic rings. The van der Waals surface area contributed by atoms with Crippen LogP contribution in [0.25, 0.3) is 0 Å². The summed E-state index contributed by atoms with van der Waals surface area (Å²) in [6.07, 6.45) is 5.93. The maximum absolute atomic E-state index is 6.18. The Labute approximate surface area is 122 Å². The van der Waals surface area contributed by atoms with Crippen molar-refractivity contribution in [2.75, 3.05) is 18.1 Å². The fourth-order valence-corrected chi connectivity index (χ4v) is 4.76. The molecule has 2 saturated heterocycles. The molecular formula is C15H30N2OS. The second-order valence-corrected chi connectivity index (χ2v) is 8.66. The number of rotatable bonds is 3. The van der Waals surface area contributed by atoms with Crippen LogP contribution in [0.1, 0.15) is 52.9 Å². The van der Waals surface area contributed by atoms with E-state index in [-0.39, 0.29) is 5.60 Å². The Balaban J connectivity index is 1.98. The first-order valence-electron chi connectivity index (χ1n) is 7.62. The minimum atomic E-state index is 0.168. The first-order valence-corrected chi connectivity index (χ1v) is 8.77. The van der Waals surface area contributed by atoms with Crippen LogP contribution in [0.2, 0.25) is 0 Å². The van der Waals surface area contributed by atoms with Crippen molar-refractivity contribution in [3.8, 4) is 0 Å². The molecule has 0 aliphatic carbocycles. The van der Waals surface area contributed by atoms with E-state index < -0.39 is 0 Å². The summed E-state index contributed by atoms with van der Waals surface area (Å²) in [6.45, 7) is 7.80. The molecule has 2 rings (SSSR count). The molecule has 0 aromatic heterocycles. The summed E-state index contributed by atoms with van der Waals surface area (Å²) in [5, 5.41) is 0. The zero-order chi connectivity index (χ0) is 13.9. The minimum absolute atomic E-state index is 0.168. The SMILES string of the molecule is CC(C)(C)CC(NN)C1CCOC2(CCSCC2)C1. The Kier molecular flexibility index (Phi) is 5.21. The van der Waals surface area contributed by atoms with Gasteiger partial charge in [-0.25, -0.2) is 0 Å². The highest BCUT2D eigenvalue weighted by atomic mass is 32.2. The summed E-state index contributed by atoms with van der Waals surface area (Å²) in [7, 11) is 0. The summed E-state index contributed by atoms with van der Waals surface area (Å²) in [4.78, 5) is 0. The summed E-state index contributed by atoms with van der Waals surface area (Å²) in [6, 6.07) is 0.426. The van der Waals surface area contributed by atoms with Crippen LogP contribution in [0.3, 0.4) is 0 Å². The number of hydrazine groups is 1. The molecule has 0 saturated carbocycles. The van der Waals surface area contributed by atoms with Gasteiger partial charge in [-0.05, 0) is 54.9 Å². The van der Waals surface area contributed by atoms with Crippen LogP contribution in [0.4, 0.5) is 0 Å². The number of hydrogen-bond acceptors (Lipinski definition) is 4. The Morgan fingerprint density at radius 1 is 1.37 bits per heavy atom. The van der Waals surface area contributed by atoms with Crippen molar-refractivity contribution < 1.29 is 4.74 Å². The molecule has 2 atom stereocenters. The van der Waals surface area contributed by atoms with Crippen LogP contribution in [-0.4, -0.2) is 29.8 Å². The molecule has 2 aliphatic rings. The van der Waals surface area contributed by atoms with E-state index in [2.05, 4.69) is 38.0 Å². The largest absolute Gasteiger partial charge is 0.375 e. The lowest BCUT2D eigenvalue weighted by atomic mass is 9.75. The number of nitrogens with two attached hydrogens (primary N) is 1. The second kappa shape index (κ2) is 6.33. The molecule has 4 heteroatoms. The van der Waals surface area contributed by atoms with Crippen LogP contribution >= 0.6 is 11.8 Å². The van der Waals surface area contributed by atoms with Crippen molar-refractivity contribution in [1.29, 1.82) is 0 Å². The van der Waals surface area contributed by atoms with Crippen LogP contribution in [-0.2, 0) is 4.74 Å². The van der Waals surface area contributed by atoms with Crippen LogP contribution in [0.5, 0.6) is 0 Å².